The Morgan fingerprint density at radius 2 is 2.17 bits per heavy atom. The third-order valence-corrected chi connectivity index (χ3v) is 5.93. The average molecular weight is 335 g/mol. The summed E-state index contributed by atoms with van der Waals surface area (Å²) in [5.41, 5.74) is 1.12. The van der Waals surface area contributed by atoms with Gasteiger partial charge in [0.25, 0.3) is 10.0 Å². The highest BCUT2D eigenvalue weighted by Crippen LogP contribution is 2.30. The van der Waals surface area contributed by atoms with Gasteiger partial charge in [0, 0.05) is 39.6 Å². The summed E-state index contributed by atoms with van der Waals surface area (Å²) in [6.07, 6.45) is 6.63. The first-order chi connectivity index (χ1) is 11.0. The summed E-state index contributed by atoms with van der Waals surface area (Å²) in [6.45, 7) is 1.02. The van der Waals surface area contributed by atoms with Gasteiger partial charge in [-0.25, -0.2) is 18.4 Å². The Morgan fingerprint density at radius 3 is 2.87 bits per heavy atom. The maximum Gasteiger partial charge on any atom is 0.262 e. The minimum atomic E-state index is -3.53. The number of rotatable bonds is 4. The number of hydrogen-bond acceptors (Lipinski definition) is 5. The number of aromatic nitrogens is 3. The van der Waals surface area contributed by atoms with Crippen LogP contribution in [0.15, 0.2) is 35.9 Å². The quantitative estimate of drug-likeness (QED) is 0.914. The molecule has 0 aromatic carbocycles. The zero-order chi connectivity index (χ0) is 16.4. The largest absolute Gasteiger partial charge is 0.373 e. The fraction of sp³-hybridized carbons (Fsp3) is 0.467. The molecule has 0 spiro atoms. The number of piperidine rings is 1. The van der Waals surface area contributed by atoms with E-state index in [0.29, 0.717) is 13.1 Å². The van der Waals surface area contributed by atoms with E-state index in [2.05, 4.69) is 15.3 Å². The molecule has 124 valence electrons. The van der Waals surface area contributed by atoms with Crippen LogP contribution in [0.3, 0.4) is 0 Å². The Hall–Kier alpha value is -1.93. The lowest BCUT2D eigenvalue weighted by Gasteiger charge is -2.31. The normalized spacial score (nSPS) is 19.7. The molecule has 0 amide bonds. The molecule has 0 unspecified atom stereocenters. The standard InChI is InChI=1S/C15H21N5O2S/c1-16-14-8-12(5-6-17-14)13-4-3-7-20(9-13)23(21,22)15-10-19(2)11-18-15/h5-6,8,10-11,13H,3-4,7,9H2,1-2H3,(H,16,17)/t13-/m1/s1. The molecule has 1 atom stereocenters. The maximum absolute atomic E-state index is 12.7. The summed E-state index contributed by atoms with van der Waals surface area (Å²) in [6, 6.07) is 3.95. The summed E-state index contributed by atoms with van der Waals surface area (Å²) in [5.74, 6) is 0.976. The Balaban J connectivity index is 1.83. The third-order valence-electron chi connectivity index (χ3n) is 4.18. The van der Waals surface area contributed by atoms with Crippen molar-refractivity contribution in [2.75, 3.05) is 25.5 Å². The van der Waals surface area contributed by atoms with Gasteiger partial charge >= 0.3 is 0 Å². The molecule has 0 aliphatic carbocycles. The SMILES string of the molecule is CNc1cc([C@@H]2CCCN(S(=O)(=O)c3cn(C)cn3)C2)ccn1. The van der Waals surface area contributed by atoms with Crippen LogP contribution in [0.2, 0.25) is 0 Å². The molecule has 23 heavy (non-hydrogen) atoms. The first kappa shape index (κ1) is 15.9. The molecule has 1 fully saturated rings. The summed E-state index contributed by atoms with van der Waals surface area (Å²) in [5, 5.41) is 3.14. The number of anilines is 1. The first-order valence-corrected chi connectivity index (χ1v) is 9.06. The molecule has 0 saturated carbocycles. The van der Waals surface area contributed by atoms with Gasteiger partial charge in [0.05, 0.1) is 6.33 Å². The second-order valence-electron chi connectivity index (χ2n) is 5.80. The first-order valence-electron chi connectivity index (χ1n) is 7.62. The molecule has 2 aromatic rings. The molecule has 3 heterocycles. The van der Waals surface area contributed by atoms with Crippen molar-refractivity contribution in [2.45, 2.75) is 23.8 Å². The van der Waals surface area contributed by atoms with Crippen molar-refractivity contribution in [1.82, 2.24) is 18.8 Å². The topological polar surface area (TPSA) is 80.1 Å². The van der Waals surface area contributed by atoms with Crippen LogP contribution in [0.5, 0.6) is 0 Å². The van der Waals surface area contributed by atoms with Crippen molar-refractivity contribution < 1.29 is 8.42 Å². The van der Waals surface area contributed by atoms with E-state index in [1.807, 2.05) is 19.2 Å². The van der Waals surface area contributed by atoms with E-state index < -0.39 is 10.0 Å². The minimum Gasteiger partial charge on any atom is -0.373 e. The van der Waals surface area contributed by atoms with Gasteiger partial charge in [0.1, 0.15) is 5.82 Å². The minimum absolute atomic E-state index is 0.117. The number of sulfonamides is 1. The molecule has 7 nitrogen and oxygen atoms in total. The van der Waals surface area contributed by atoms with Crippen molar-refractivity contribution in [3.63, 3.8) is 0 Å². The Bertz CT molecular complexity index is 787. The van der Waals surface area contributed by atoms with Crippen LogP contribution in [-0.2, 0) is 17.1 Å². The summed E-state index contributed by atoms with van der Waals surface area (Å²) in [4.78, 5) is 8.22. The number of nitrogens with one attached hydrogen (secondary N) is 1. The van der Waals surface area contributed by atoms with E-state index >= 15 is 0 Å². The van der Waals surface area contributed by atoms with Crippen molar-refractivity contribution in [3.8, 4) is 0 Å². The zero-order valence-electron chi connectivity index (χ0n) is 13.3. The molecule has 1 N–H and O–H groups in total. The molecule has 1 aliphatic rings. The molecule has 1 aliphatic heterocycles. The number of pyridine rings is 1. The molecule has 1 saturated heterocycles. The molecule has 2 aromatic heterocycles. The monoisotopic (exact) mass is 335 g/mol. The zero-order valence-corrected chi connectivity index (χ0v) is 14.1. The smallest absolute Gasteiger partial charge is 0.262 e. The van der Waals surface area contributed by atoms with Gasteiger partial charge in [-0.3, -0.25) is 0 Å². The van der Waals surface area contributed by atoms with Crippen LogP contribution in [0.1, 0.15) is 24.3 Å². The van der Waals surface area contributed by atoms with Crippen molar-refractivity contribution in [1.29, 1.82) is 0 Å². The lowest BCUT2D eigenvalue weighted by Crippen LogP contribution is -2.39. The maximum atomic E-state index is 12.7. The molecule has 0 bridgehead atoms. The predicted octanol–water partition coefficient (Wildman–Crippen LogP) is 1.43. The van der Waals surface area contributed by atoms with Gasteiger partial charge in [0.15, 0.2) is 5.03 Å². The molecule has 3 rings (SSSR count). The highest BCUT2D eigenvalue weighted by Gasteiger charge is 2.32. The molecule has 8 heteroatoms. The van der Waals surface area contributed by atoms with Crippen molar-refractivity contribution >= 4 is 15.8 Å². The predicted molar refractivity (Wildman–Crippen MR) is 87.7 cm³/mol. The van der Waals surface area contributed by atoms with E-state index in [9.17, 15) is 8.42 Å². The van der Waals surface area contributed by atoms with Crippen molar-refractivity contribution in [3.05, 3.63) is 36.4 Å². The van der Waals surface area contributed by atoms with Crippen LogP contribution < -0.4 is 5.32 Å². The second-order valence-corrected chi connectivity index (χ2v) is 7.69. The van der Waals surface area contributed by atoms with Crippen LogP contribution in [0, 0.1) is 0 Å². The fourth-order valence-corrected chi connectivity index (χ4v) is 4.41. The highest BCUT2D eigenvalue weighted by molar-refractivity contribution is 7.89. The van der Waals surface area contributed by atoms with E-state index in [1.165, 1.54) is 6.33 Å². The average Bonchev–Trinajstić information content (AvgIpc) is 3.02. The van der Waals surface area contributed by atoms with Gasteiger partial charge in [-0.1, -0.05) is 0 Å². The van der Waals surface area contributed by atoms with Gasteiger partial charge in [-0.2, -0.15) is 4.31 Å². The third kappa shape index (κ3) is 3.23. The van der Waals surface area contributed by atoms with Crippen LogP contribution in [0.25, 0.3) is 0 Å². The number of aryl methyl sites for hydroxylation is 1. The number of nitrogens with zero attached hydrogens (tertiary/aromatic N) is 4. The second kappa shape index (κ2) is 6.29. The Morgan fingerprint density at radius 1 is 1.35 bits per heavy atom. The lowest BCUT2D eigenvalue weighted by atomic mass is 9.92. The highest BCUT2D eigenvalue weighted by atomic mass is 32.2. The van der Waals surface area contributed by atoms with E-state index in [1.54, 1.807) is 28.3 Å². The number of imidazole rings is 1. The van der Waals surface area contributed by atoms with Crippen LogP contribution in [-0.4, -0.2) is 47.4 Å². The van der Waals surface area contributed by atoms with E-state index in [0.717, 1.165) is 24.2 Å². The van der Waals surface area contributed by atoms with Crippen LogP contribution in [0.4, 0.5) is 5.82 Å². The number of hydrogen-bond donors (Lipinski definition) is 1. The summed E-state index contributed by atoms with van der Waals surface area (Å²) >= 11 is 0. The molecular weight excluding hydrogens is 314 g/mol. The van der Waals surface area contributed by atoms with E-state index in [4.69, 9.17) is 0 Å². The van der Waals surface area contributed by atoms with Gasteiger partial charge < -0.3 is 9.88 Å². The molecule has 0 radical (unpaired) electrons. The van der Waals surface area contributed by atoms with E-state index in [-0.39, 0.29) is 10.9 Å². The summed E-state index contributed by atoms with van der Waals surface area (Å²) in [7, 11) is 0.0617. The Labute approximate surface area is 136 Å². The Kier molecular flexibility index (Phi) is 4.36. The summed E-state index contributed by atoms with van der Waals surface area (Å²) < 4.78 is 28.6. The van der Waals surface area contributed by atoms with Gasteiger partial charge in [-0.05, 0) is 36.5 Å². The van der Waals surface area contributed by atoms with Crippen LogP contribution >= 0.6 is 0 Å². The molecular formula is C15H21N5O2S. The van der Waals surface area contributed by atoms with Gasteiger partial charge in [0.2, 0.25) is 0 Å². The van der Waals surface area contributed by atoms with Gasteiger partial charge in [-0.15, -0.1) is 0 Å². The lowest BCUT2D eigenvalue weighted by molar-refractivity contribution is 0.315. The van der Waals surface area contributed by atoms with Crippen molar-refractivity contribution in [2.24, 2.45) is 7.05 Å². The fourth-order valence-electron chi connectivity index (χ4n) is 2.92.